The molecule has 1 aliphatic carbocycles. The van der Waals surface area contributed by atoms with Gasteiger partial charge in [-0.2, -0.15) is 13.2 Å². The third kappa shape index (κ3) is 4.97. The van der Waals surface area contributed by atoms with E-state index in [1.165, 1.54) is 6.07 Å². The molecule has 0 spiro atoms. The molecule has 2 heterocycles. The molecule has 2 aromatic heterocycles. The standard InChI is InChI=1S/C20H21F3N4O3S/c1-11-8-16(18-26-27-19(30-18)24-6-3-7-31(2,28)29)25-17-14(11)9-13(12-4-5-12)10-15(17)20(21,22)23/h8-10,12H,3-7H2,1-2H3,(H,24,27). The highest BCUT2D eigenvalue weighted by atomic mass is 32.2. The number of benzene rings is 1. The molecule has 0 saturated heterocycles. The Kier molecular flexibility index (Phi) is 5.40. The highest BCUT2D eigenvalue weighted by Gasteiger charge is 2.36. The van der Waals surface area contributed by atoms with E-state index in [4.69, 9.17) is 4.42 Å². The molecule has 3 aromatic rings. The Labute approximate surface area is 177 Å². The lowest BCUT2D eigenvalue weighted by Crippen LogP contribution is -2.09. The third-order valence-corrected chi connectivity index (χ3v) is 6.14. The number of rotatable bonds is 7. The Bertz CT molecular complexity index is 1230. The number of aromatic nitrogens is 3. The SMILES string of the molecule is Cc1cc(-c2nnc(NCCCS(C)(=O)=O)o2)nc2c(C(F)(F)F)cc(C3CC3)cc12. The number of aryl methyl sites for hydroxylation is 1. The van der Waals surface area contributed by atoms with Crippen LogP contribution < -0.4 is 5.32 Å². The van der Waals surface area contributed by atoms with Gasteiger partial charge in [0.15, 0.2) is 0 Å². The number of sulfone groups is 1. The fourth-order valence-electron chi connectivity index (χ4n) is 3.42. The van der Waals surface area contributed by atoms with Crippen molar-refractivity contribution in [1.29, 1.82) is 0 Å². The number of hydrogen-bond donors (Lipinski definition) is 1. The van der Waals surface area contributed by atoms with Gasteiger partial charge in [0.05, 0.1) is 16.8 Å². The lowest BCUT2D eigenvalue weighted by molar-refractivity contribution is -0.136. The van der Waals surface area contributed by atoms with Crippen LogP contribution in [0.1, 0.15) is 41.9 Å². The van der Waals surface area contributed by atoms with Gasteiger partial charge < -0.3 is 9.73 Å². The summed E-state index contributed by atoms with van der Waals surface area (Å²) >= 11 is 0. The van der Waals surface area contributed by atoms with Gasteiger partial charge in [0.2, 0.25) is 0 Å². The van der Waals surface area contributed by atoms with Gasteiger partial charge in [-0.25, -0.2) is 13.4 Å². The van der Waals surface area contributed by atoms with Gasteiger partial charge in [-0.3, -0.25) is 0 Å². The Morgan fingerprint density at radius 2 is 1.94 bits per heavy atom. The van der Waals surface area contributed by atoms with Gasteiger partial charge in [-0.15, -0.1) is 5.10 Å². The summed E-state index contributed by atoms with van der Waals surface area (Å²) in [5, 5.41) is 10.9. The highest BCUT2D eigenvalue weighted by Crippen LogP contribution is 2.45. The minimum Gasteiger partial charge on any atom is -0.402 e. The van der Waals surface area contributed by atoms with Crippen molar-refractivity contribution in [2.24, 2.45) is 0 Å². The summed E-state index contributed by atoms with van der Waals surface area (Å²) in [6, 6.07) is 4.65. The quantitative estimate of drug-likeness (QED) is 0.531. The average Bonchev–Trinajstić information content (AvgIpc) is 3.41. The highest BCUT2D eigenvalue weighted by molar-refractivity contribution is 7.90. The molecule has 1 saturated carbocycles. The third-order valence-electron chi connectivity index (χ3n) is 5.11. The number of halogens is 3. The molecule has 11 heteroatoms. The van der Waals surface area contributed by atoms with Crippen molar-refractivity contribution in [3.8, 4) is 11.6 Å². The topological polar surface area (TPSA) is 98.0 Å². The van der Waals surface area contributed by atoms with Crippen molar-refractivity contribution in [2.75, 3.05) is 23.9 Å². The van der Waals surface area contributed by atoms with Crippen LogP contribution in [0.25, 0.3) is 22.5 Å². The first-order chi connectivity index (χ1) is 14.5. The summed E-state index contributed by atoms with van der Waals surface area (Å²) in [6.07, 6.45) is -1.25. The molecule has 166 valence electrons. The van der Waals surface area contributed by atoms with E-state index >= 15 is 0 Å². The first-order valence-electron chi connectivity index (χ1n) is 9.79. The molecule has 4 rings (SSSR count). The monoisotopic (exact) mass is 454 g/mol. The Morgan fingerprint density at radius 3 is 2.58 bits per heavy atom. The van der Waals surface area contributed by atoms with E-state index in [1.807, 2.05) is 0 Å². The molecule has 1 N–H and O–H groups in total. The van der Waals surface area contributed by atoms with Crippen LogP contribution in [0.4, 0.5) is 19.2 Å². The largest absolute Gasteiger partial charge is 0.418 e. The van der Waals surface area contributed by atoms with E-state index in [9.17, 15) is 21.6 Å². The molecular weight excluding hydrogens is 433 g/mol. The van der Waals surface area contributed by atoms with Crippen molar-refractivity contribution in [2.45, 2.75) is 38.3 Å². The van der Waals surface area contributed by atoms with Crippen molar-refractivity contribution in [3.63, 3.8) is 0 Å². The minimum atomic E-state index is -4.54. The van der Waals surface area contributed by atoms with Crippen LogP contribution in [0, 0.1) is 6.92 Å². The van der Waals surface area contributed by atoms with E-state index in [2.05, 4.69) is 20.5 Å². The number of alkyl halides is 3. The summed E-state index contributed by atoms with van der Waals surface area (Å²) in [7, 11) is -3.07. The van der Waals surface area contributed by atoms with Gasteiger partial charge >= 0.3 is 12.2 Å². The van der Waals surface area contributed by atoms with Crippen molar-refractivity contribution in [3.05, 3.63) is 34.9 Å². The predicted octanol–water partition coefficient (Wildman–Crippen LogP) is 4.34. The first kappa shape index (κ1) is 21.5. The first-order valence-corrected chi connectivity index (χ1v) is 11.9. The summed E-state index contributed by atoms with van der Waals surface area (Å²) in [5.74, 6) is 0.169. The average molecular weight is 454 g/mol. The molecule has 0 radical (unpaired) electrons. The van der Waals surface area contributed by atoms with E-state index in [1.54, 1.807) is 19.1 Å². The van der Waals surface area contributed by atoms with Crippen molar-refractivity contribution < 1.29 is 26.0 Å². The number of pyridine rings is 1. The van der Waals surface area contributed by atoms with Crippen LogP contribution in [0.5, 0.6) is 0 Å². The van der Waals surface area contributed by atoms with Crippen LogP contribution in [-0.2, 0) is 16.0 Å². The number of anilines is 1. The van der Waals surface area contributed by atoms with Crippen LogP contribution in [0.15, 0.2) is 22.6 Å². The van der Waals surface area contributed by atoms with Gasteiger partial charge in [-0.05, 0) is 61.4 Å². The Morgan fingerprint density at radius 1 is 1.19 bits per heavy atom. The normalized spacial score (nSPS) is 14.9. The molecule has 31 heavy (non-hydrogen) atoms. The maximum Gasteiger partial charge on any atom is 0.418 e. The number of hydrogen-bond acceptors (Lipinski definition) is 7. The fraction of sp³-hybridized carbons (Fsp3) is 0.450. The lowest BCUT2D eigenvalue weighted by Gasteiger charge is -2.14. The molecule has 0 bridgehead atoms. The molecule has 1 aromatic carbocycles. The maximum atomic E-state index is 13.8. The van der Waals surface area contributed by atoms with Gasteiger partial charge in [0.25, 0.3) is 5.89 Å². The van der Waals surface area contributed by atoms with Gasteiger partial charge in [0.1, 0.15) is 15.5 Å². The summed E-state index contributed by atoms with van der Waals surface area (Å²) in [4.78, 5) is 4.21. The molecule has 1 fully saturated rings. The van der Waals surface area contributed by atoms with Gasteiger partial charge in [0, 0.05) is 18.2 Å². The number of nitrogens with one attached hydrogen (secondary N) is 1. The zero-order valence-electron chi connectivity index (χ0n) is 17.0. The zero-order valence-corrected chi connectivity index (χ0v) is 17.8. The minimum absolute atomic E-state index is 0.00941. The molecule has 7 nitrogen and oxygen atoms in total. The van der Waals surface area contributed by atoms with Crippen LogP contribution in [0.3, 0.4) is 0 Å². The fourth-order valence-corrected chi connectivity index (χ4v) is 4.09. The van der Waals surface area contributed by atoms with Crippen LogP contribution in [-0.4, -0.2) is 42.2 Å². The van der Waals surface area contributed by atoms with Crippen LogP contribution >= 0.6 is 0 Å². The van der Waals surface area contributed by atoms with E-state index in [0.29, 0.717) is 29.5 Å². The summed E-state index contributed by atoms with van der Waals surface area (Å²) in [6.45, 7) is 2.02. The Hall–Kier alpha value is -2.69. The molecular formula is C20H21F3N4O3S. The van der Waals surface area contributed by atoms with E-state index in [0.717, 1.165) is 19.1 Å². The molecule has 0 amide bonds. The van der Waals surface area contributed by atoms with Crippen molar-refractivity contribution in [1.82, 2.24) is 15.2 Å². The summed E-state index contributed by atoms with van der Waals surface area (Å²) < 4.78 is 69.1. The second kappa shape index (κ2) is 7.77. The predicted molar refractivity (Wildman–Crippen MR) is 110 cm³/mol. The molecule has 0 aliphatic heterocycles. The number of fused-ring (bicyclic) bond motifs is 1. The number of nitrogens with zero attached hydrogens (tertiary/aromatic N) is 3. The Balaban J connectivity index is 1.65. The van der Waals surface area contributed by atoms with Crippen LogP contribution in [0.2, 0.25) is 0 Å². The molecule has 0 unspecified atom stereocenters. The van der Waals surface area contributed by atoms with E-state index in [-0.39, 0.29) is 34.8 Å². The second-order valence-corrected chi connectivity index (χ2v) is 10.1. The molecule has 0 atom stereocenters. The van der Waals surface area contributed by atoms with Gasteiger partial charge in [-0.1, -0.05) is 5.10 Å². The van der Waals surface area contributed by atoms with Crippen molar-refractivity contribution >= 4 is 26.8 Å². The van der Waals surface area contributed by atoms with E-state index < -0.39 is 21.6 Å². The second-order valence-electron chi connectivity index (χ2n) is 7.88. The zero-order chi connectivity index (χ0) is 22.4. The summed E-state index contributed by atoms with van der Waals surface area (Å²) in [5.41, 5.74) is 0.555. The maximum absolute atomic E-state index is 13.8. The lowest BCUT2D eigenvalue weighted by atomic mass is 9.98. The smallest absolute Gasteiger partial charge is 0.402 e. The molecule has 1 aliphatic rings.